The van der Waals surface area contributed by atoms with Crippen molar-refractivity contribution in [2.75, 3.05) is 0 Å². The van der Waals surface area contributed by atoms with E-state index in [0.717, 1.165) is 34.9 Å². The van der Waals surface area contributed by atoms with Crippen molar-refractivity contribution in [1.29, 1.82) is 0 Å². The van der Waals surface area contributed by atoms with Crippen molar-refractivity contribution in [3.05, 3.63) is 41.4 Å². The molecule has 0 saturated heterocycles. The van der Waals surface area contributed by atoms with Crippen LogP contribution in [0.4, 0.5) is 0 Å². The molecule has 0 unspecified atom stereocenters. The average Bonchev–Trinajstić information content (AvgIpc) is 3.37. The minimum absolute atomic E-state index is 0.000171. The first-order valence-electron chi connectivity index (χ1n) is 9.30. The average molecular weight is 382 g/mol. The molecule has 1 aromatic carbocycles. The van der Waals surface area contributed by atoms with Gasteiger partial charge in [0.25, 0.3) is 5.91 Å². The Bertz CT molecular complexity index is 1010. The first kappa shape index (κ1) is 18.1. The molecule has 2 atom stereocenters. The number of rotatable bonds is 5. The molecular formula is C19H22N6O3. The predicted octanol–water partition coefficient (Wildman–Crippen LogP) is 1.50. The van der Waals surface area contributed by atoms with E-state index in [4.69, 9.17) is 4.42 Å². The molecule has 28 heavy (non-hydrogen) atoms. The van der Waals surface area contributed by atoms with Crippen molar-refractivity contribution in [1.82, 2.24) is 30.8 Å². The molecule has 146 valence electrons. The summed E-state index contributed by atoms with van der Waals surface area (Å²) < 4.78 is 7.17. The zero-order valence-electron chi connectivity index (χ0n) is 15.8. The highest BCUT2D eigenvalue weighted by atomic mass is 16.3. The summed E-state index contributed by atoms with van der Waals surface area (Å²) in [6.45, 7) is 3.97. The van der Waals surface area contributed by atoms with Gasteiger partial charge in [-0.15, -0.1) is 5.10 Å². The van der Waals surface area contributed by atoms with Gasteiger partial charge in [-0.05, 0) is 55.2 Å². The number of fused-ring (bicyclic) bond motifs is 1. The van der Waals surface area contributed by atoms with Crippen molar-refractivity contribution < 1.29 is 14.0 Å². The number of carbonyl (C=O) groups excluding carboxylic acids is 2. The Kier molecular flexibility index (Phi) is 4.81. The number of nitrogens with zero attached hydrogens (tertiary/aromatic N) is 4. The van der Waals surface area contributed by atoms with Gasteiger partial charge in [0.1, 0.15) is 18.5 Å². The van der Waals surface area contributed by atoms with Gasteiger partial charge in [-0.25, -0.2) is 4.68 Å². The van der Waals surface area contributed by atoms with E-state index < -0.39 is 0 Å². The standard InChI is InChI=1S/C19H22N6O3/c1-11-3-6-15-12(2)18(28-16(15)7-11)19(27)22-14-5-4-13(8-14)21-17(26)9-25-10-20-23-24-25/h3,6-7,10,13-14H,4-5,8-9H2,1-2H3,(H,21,26)(H,22,27)/t13-,14+/m1/s1. The Hall–Kier alpha value is -3.23. The van der Waals surface area contributed by atoms with Gasteiger partial charge in [0.15, 0.2) is 5.76 Å². The van der Waals surface area contributed by atoms with Gasteiger partial charge in [-0.3, -0.25) is 9.59 Å². The van der Waals surface area contributed by atoms with Crippen molar-refractivity contribution in [3.63, 3.8) is 0 Å². The van der Waals surface area contributed by atoms with Crippen LogP contribution < -0.4 is 10.6 Å². The van der Waals surface area contributed by atoms with E-state index in [-0.39, 0.29) is 30.4 Å². The van der Waals surface area contributed by atoms with E-state index in [1.807, 2.05) is 32.0 Å². The molecule has 9 nitrogen and oxygen atoms in total. The first-order valence-corrected chi connectivity index (χ1v) is 9.30. The minimum Gasteiger partial charge on any atom is -0.451 e. The van der Waals surface area contributed by atoms with Gasteiger partial charge in [0, 0.05) is 23.0 Å². The SMILES string of the molecule is Cc1ccc2c(C)c(C(=O)N[C@H]3CC[C@@H](NC(=O)Cn4cnnn4)C3)oc2c1. The fraction of sp³-hybridized carbons (Fsp3) is 0.421. The van der Waals surface area contributed by atoms with Crippen molar-refractivity contribution in [3.8, 4) is 0 Å². The smallest absolute Gasteiger partial charge is 0.287 e. The molecule has 0 radical (unpaired) electrons. The summed E-state index contributed by atoms with van der Waals surface area (Å²) in [6.07, 6.45) is 3.70. The summed E-state index contributed by atoms with van der Waals surface area (Å²) >= 11 is 0. The number of nitrogens with one attached hydrogen (secondary N) is 2. The van der Waals surface area contributed by atoms with Crippen molar-refractivity contribution >= 4 is 22.8 Å². The molecule has 0 bridgehead atoms. The van der Waals surface area contributed by atoms with Crippen LogP contribution in [0.25, 0.3) is 11.0 Å². The molecule has 0 spiro atoms. The molecule has 1 aliphatic carbocycles. The van der Waals surface area contributed by atoms with Crippen LogP contribution in [0, 0.1) is 13.8 Å². The van der Waals surface area contributed by atoms with E-state index in [1.165, 1.54) is 11.0 Å². The fourth-order valence-electron chi connectivity index (χ4n) is 3.72. The van der Waals surface area contributed by atoms with Crippen LogP contribution >= 0.6 is 0 Å². The number of hydrogen-bond donors (Lipinski definition) is 2. The Morgan fingerprint density at radius 3 is 2.75 bits per heavy atom. The van der Waals surface area contributed by atoms with E-state index in [9.17, 15) is 9.59 Å². The van der Waals surface area contributed by atoms with Gasteiger partial charge in [0.05, 0.1) is 0 Å². The lowest BCUT2D eigenvalue weighted by Crippen LogP contribution is -2.38. The number of aryl methyl sites for hydroxylation is 2. The summed E-state index contributed by atoms with van der Waals surface area (Å²) in [5.41, 5.74) is 2.66. The van der Waals surface area contributed by atoms with Gasteiger partial charge in [0.2, 0.25) is 5.91 Å². The van der Waals surface area contributed by atoms with Gasteiger partial charge in [-0.2, -0.15) is 0 Å². The molecule has 1 fully saturated rings. The third kappa shape index (κ3) is 3.73. The number of amides is 2. The summed E-state index contributed by atoms with van der Waals surface area (Å²) in [6, 6.07) is 5.94. The maximum Gasteiger partial charge on any atom is 0.287 e. The molecule has 1 saturated carbocycles. The molecule has 2 amide bonds. The maximum absolute atomic E-state index is 12.7. The molecule has 1 aliphatic rings. The molecule has 2 heterocycles. The summed E-state index contributed by atoms with van der Waals surface area (Å²) in [7, 11) is 0. The Morgan fingerprint density at radius 1 is 1.21 bits per heavy atom. The topological polar surface area (TPSA) is 115 Å². The zero-order valence-corrected chi connectivity index (χ0v) is 15.8. The number of carbonyl (C=O) groups is 2. The normalized spacial score (nSPS) is 19.1. The monoisotopic (exact) mass is 382 g/mol. The van der Waals surface area contributed by atoms with Crippen molar-refractivity contribution in [2.45, 2.75) is 51.7 Å². The zero-order chi connectivity index (χ0) is 19.7. The van der Waals surface area contributed by atoms with E-state index >= 15 is 0 Å². The minimum atomic E-state index is -0.211. The molecular weight excluding hydrogens is 360 g/mol. The molecule has 2 N–H and O–H groups in total. The first-order chi connectivity index (χ1) is 13.5. The number of hydrogen-bond acceptors (Lipinski definition) is 6. The van der Waals surface area contributed by atoms with Crippen LogP contribution in [0.5, 0.6) is 0 Å². The van der Waals surface area contributed by atoms with Crippen LogP contribution in [-0.4, -0.2) is 44.1 Å². The summed E-state index contributed by atoms with van der Waals surface area (Å²) in [5, 5.41) is 17.6. The van der Waals surface area contributed by atoms with Gasteiger partial charge in [-0.1, -0.05) is 12.1 Å². The van der Waals surface area contributed by atoms with E-state index in [1.54, 1.807) is 0 Å². The second kappa shape index (κ2) is 7.41. The summed E-state index contributed by atoms with van der Waals surface area (Å²) in [4.78, 5) is 24.8. The van der Waals surface area contributed by atoms with Crippen LogP contribution in [0.3, 0.4) is 0 Å². The van der Waals surface area contributed by atoms with Crippen LogP contribution in [0.1, 0.15) is 40.9 Å². The fourth-order valence-corrected chi connectivity index (χ4v) is 3.72. The highest BCUT2D eigenvalue weighted by Crippen LogP contribution is 2.27. The van der Waals surface area contributed by atoms with E-state index in [2.05, 4.69) is 26.2 Å². The third-order valence-corrected chi connectivity index (χ3v) is 5.13. The maximum atomic E-state index is 12.7. The van der Waals surface area contributed by atoms with Gasteiger partial charge < -0.3 is 15.1 Å². The highest BCUT2D eigenvalue weighted by Gasteiger charge is 2.29. The highest BCUT2D eigenvalue weighted by molar-refractivity contribution is 5.99. The summed E-state index contributed by atoms with van der Waals surface area (Å²) in [5.74, 6) is -0.00318. The lowest BCUT2D eigenvalue weighted by atomic mass is 10.1. The molecule has 3 aromatic rings. The van der Waals surface area contributed by atoms with Crippen molar-refractivity contribution in [2.24, 2.45) is 0 Å². The van der Waals surface area contributed by atoms with Crippen LogP contribution in [0.2, 0.25) is 0 Å². The molecule has 2 aromatic heterocycles. The second-order valence-corrected chi connectivity index (χ2v) is 7.31. The molecule has 0 aliphatic heterocycles. The Morgan fingerprint density at radius 2 is 2.00 bits per heavy atom. The second-order valence-electron chi connectivity index (χ2n) is 7.31. The van der Waals surface area contributed by atoms with Crippen LogP contribution in [-0.2, 0) is 11.3 Å². The third-order valence-electron chi connectivity index (χ3n) is 5.13. The Balaban J connectivity index is 1.34. The van der Waals surface area contributed by atoms with Crippen LogP contribution in [0.15, 0.2) is 28.9 Å². The number of benzene rings is 1. The van der Waals surface area contributed by atoms with Gasteiger partial charge >= 0.3 is 0 Å². The Labute approximate surface area is 161 Å². The molecule has 9 heteroatoms. The number of tetrazole rings is 1. The lowest BCUT2D eigenvalue weighted by molar-refractivity contribution is -0.122. The number of furan rings is 1. The largest absolute Gasteiger partial charge is 0.451 e. The number of aromatic nitrogens is 4. The lowest BCUT2D eigenvalue weighted by Gasteiger charge is -2.14. The molecule has 4 rings (SSSR count). The predicted molar refractivity (Wildman–Crippen MR) is 101 cm³/mol. The quantitative estimate of drug-likeness (QED) is 0.691. The van der Waals surface area contributed by atoms with E-state index in [0.29, 0.717) is 12.2 Å².